The van der Waals surface area contributed by atoms with Crippen molar-refractivity contribution in [3.63, 3.8) is 0 Å². The molecule has 4 N–H and O–H groups in total. The van der Waals surface area contributed by atoms with Gasteiger partial charge in [-0.15, -0.1) is 0 Å². The predicted molar refractivity (Wildman–Crippen MR) is 275 cm³/mol. The second-order valence-electron chi connectivity index (χ2n) is 18.7. The Kier molecular flexibility index (Phi) is 45.0. The van der Waals surface area contributed by atoms with E-state index in [0.717, 1.165) is 51.4 Å². The molecule has 2 atom stereocenters. The first-order valence-electron chi connectivity index (χ1n) is 26.3. The second-order valence-corrected chi connectivity index (χ2v) is 22.5. The zero-order valence-corrected chi connectivity index (χ0v) is 47.2. The maximum Gasteiger partial charge on any atom is 0.328 e. The van der Waals surface area contributed by atoms with Gasteiger partial charge in [0.15, 0.2) is 0 Å². The molecule has 0 fully saturated rings. The molecule has 0 saturated heterocycles. The molecule has 63 heavy (non-hydrogen) atoms. The van der Waals surface area contributed by atoms with Gasteiger partial charge < -0.3 is 19.6 Å². The number of benzene rings is 2. The zero-order valence-electron chi connectivity index (χ0n) is 41.0. The average Bonchev–Trinajstić information content (AvgIpc) is 3.25. The van der Waals surface area contributed by atoms with Gasteiger partial charge in [-0.05, 0) is 62.5 Å². The van der Waals surface area contributed by atoms with Crippen LogP contribution in [0.25, 0.3) is 0 Å². The second kappa shape index (κ2) is 44.8. The first-order chi connectivity index (χ1) is 30.1. The quantitative estimate of drug-likeness (QED) is 0.0299. The zero-order chi connectivity index (χ0) is 45.3. The third-order valence-electron chi connectivity index (χ3n) is 12.9. The van der Waals surface area contributed by atoms with E-state index in [1.165, 1.54) is 178 Å². The van der Waals surface area contributed by atoms with Gasteiger partial charge in [0, 0.05) is 48.9 Å². The van der Waals surface area contributed by atoms with Gasteiger partial charge in [0.2, 0.25) is 0 Å². The summed E-state index contributed by atoms with van der Waals surface area (Å²) in [4.78, 5) is 38.7. The van der Waals surface area contributed by atoms with Gasteiger partial charge in [-0.25, -0.2) is 0 Å². The summed E-state index contributed by atoms with van der Waals surface area (Å²) in [6.07, 6.45) is 44.2. The Morgan fingerprint density at radius 2 is 0.540 bits per heavy atom. The van der Waals surface area contributed by atoms with Gasteiger partial charge in [-0.2, -0.15) is 0 Å². The van der Waals surface area contributed by atoms with E-state index in [2.05, 4.69) is 74.5 Å². The number of unbranched alkanes of at least 4 members (excludes halogenated alkanes) is 28. The molecule has 2 aromatic rings. The van der Waals surface area contributed by atoms with Crippen molar-refractivity contribution in [2.24, 2.45) is 0 Å². The molecule has 0 saturated carbocycles. The number of hydrogen-bond acceptors (Lipinski definition) is 2. The molecular weight excluding hydrogens is 944 g/mol. The van der Waals surface area contributed by atoms with Crippen molar-refractivity contribution in [2.75, 3.05) is 0 Å². The van der Waals surface area contributed by atoms with Crippen LogP contribution in [-0.2, 0) is 22.0 Å². The van der Waals surface area contributed by atoms with Gasteiger partial charge in [0.25, 0.3) is 0 Å². The molecular formula is C54H98BaO6P2. The van der Waals surface area contributed by atoms with Crippen LogP contribution >= 0.6 is 15.2 Å². The fraction of sp³-hybridized carbons (Fsp3) is 0.778. The Morgan fingerprint density at radius 3 is 0.762 bits per heavy atom. The van der Waals surface area contributed by atoms with Crippen LogP contribution in [0.15, 0.2) is 60.7 Å². The standard InChI is InChI=1S/2C27H49O3P.Ba/c2*1-2-3-4-5-9-13-19-24-27(31(28,29)30)25-20-14-11-8-6-7-10-12-16-21-26-22-17-15-18-23-26;/h2*15,17-18,22-23,27H,2-14,16,19-21,24-25H2,1H3,(H2,28,29,30);. The molecule has 0 amide bonds. The summed E-state index contributed by atoms with van der Waals surface area (Å²) in [6.45, 7) is 4.44. The maximum atomic E-state index is 11.8. The minimum Gasteiger partial charge on any atom is -0.324 e. The first kappa shape index (κ1) is 63.3. The van der Waals surface area contributed by atoms with E-state index < -0.39 is 26.5 Å². The van der Waals surface area contributed by atoms with Gasteiger partial charge in [-0.1, -0.05) is 267 Å². The van der Waals surface area contributed by atoms with E-state index in [0.29, 0.717) is 25.7 Å². The summed E-state index contributed by atoms with van der Waals surface area (Å²) in [6, 6.07) is 21.5. The normalized spacial score (nSPS) is 12.7. The summed E-state index contributed by atoms with van der Waals surface area (Å²) < 4.78 is 23.6. The van der Waals surface area contributed by atoms with Crippen molar-refractivity contribution in [3.8, 4) is 0 Å². The van der Waals surface area contributed by atoms with Crippen molar-refractivity contribution in [3.05, 3.63) is 71.8 Å². The molecule has 0 aromatic heterocycles. The van der Waals surface area contributed by atoms with E-state index in [1.807, 2.05) is 0 Å². The van der Waals surface area contributed by atoms with Crippen LogP contribution in [-0.4, -0.2) is 79.8 Å². The van der Waals surface area contributed by atoms with Crippen molar-refractivity contribution in [1.82, 2.24) is 0 Å². The SMILES string of the molecule is CCCCCCCCCC(CCCCCCCCCCCc1ccccc1)P(=O)(O)O.CCCCCCCCCC(CCCCCCCCCCCc1ccccc1)P(=O)(O)O.[Ba]. The number of rotatable bonds is 42. The smallest absolute Gasteiger partial charge is 0.324 e. The molecule has 0 heterocycles. The Morgan fingerprint density at radius 1 is 0.333 bits per heavy atom. The van der Waals surface area contributed by atoms with E-state index in [4.69, 9.17) is 0 Å². The first-order valence-corrected chi connectivity index (χ1v) is 29.6. The molecule has 0 aliphatic heterocycles. The minimum atomic E-state index is -3.94. The summed E-state index contributed by atoms with van der Waals surface area (Å²) >= 11 is 0. The summed E-state index contributed by atoms with van der Waals surface area (Å²) in [5.74, 6) is 0. The monoisotopic (exact) mass is 1040 g/mol. The van der Waals surface area contributed by atoms with Crippen molar-refractivity contribution >= 4 is 64.1 Å². The number of aryl methyl sites for hydroxylation is 2. The Labute approximate surface area is 430 Å². The fourth-order valence-electron chi connectivity index (χ4n) is 8.82. The molecule has 362 valence electrons. The maximum absolute atomic E-state index is 11.8. The van der Waals surface area contributed by atoms with Crippen molar-refractivity contribution in [1.29, 1.82) is 0 Å². The average molecular weight is 1040 g/mol. The molecule has 2 radical (unpaired) electrons. The van der Waals surface area contributed by atoms with Gasteiger partial charge in [-0.3, -0.25) is 9.13 Å². The molecule has 0 spiro atoms. The summed E-state index contributed by atoms with van der Waals surface area (Å²) in [5, 5.41) is 0. The van der Waals surface area contributed by atoms with E-state index in [-0.39, 0.29) is 48.9 Å². The topological polar surface area (TPSA) is 115 Å². The summed E-state index contributed by atoms with van der Waals surface area (Å²) in [5.41, 5.74) is 2.08. The van der Waals surface area contributed by atoms with E-state index in [9.17, 15) is 28.7 Å². The van der Waals surface area contributed by atoms with Crippen LogP contribution in [0.1, 0.15) is 256 Å². The van der Waals surface area contributed by atoms with Crippen molar-refractivity contribution < 1.29 is 28.7 Å². The third kappa shape index (κ3) is 41.0. The molecule has 2 rings (SSSR count). The molecule has 0 aliphatic carbocycles. The van der Waals surface area contributed by atoms with E-state index in [1.54, 1.807) is 0 Å². The third-order valence-corrected chi connectivity index (χ3v) is 15.9. The van der Waals surface area contributed by atoms with Gasteiger partial charge >= 0.3 is 15.2 Å². The predicted octanol–water partition coefficient (Wildman–Crippen LogP) is 17.3. The molecule has 9 heteroatoms. The van der Waals surface area contributed by atoms with Crippen LogP contribution in [0.4, 0.5) is 0 Å². The summed E-state index contributed by atoms with van der Waals surface area (Å²) in [7, 11) is -7.88. The molecule has 0 bridgehead atoms. The molecule has 6 nitrogen and oxygen atoms in total. The molecule has 2 aromatic carbocycles. The van der Waals surface area contributed by atoms with Gasteiger partial charge in [0.1, 0.15) is 0 Å². The largest absolute Gasteiger partial charge is 0.328 e. The van der Waals surface area contributed by atoms with Crippen LogP contribution in [0.3, 0.4) is 0 Å². The van der Waals surface area contributed by atoms with Crippen molar-refractivity contribution in [2.45, 2.75) is 269 Å². The fourth-order valence-corrected chi connectivity index (χ4v) is 10.9. The van der Waals surface area contributed by atoms with Crippen LogP contribution in [0, 0.1) is 0 Å². The Bertz CT molecular complexity index is 1220. The number of hydrogen-bond donors (Lipinski definition) is 4. The molecule has 2 unspecified atom stereocenters. The molecule has 0 aliphatic rings. The van der Waals surface area contributed by atoms with Crippen LogP contribution in [0.2, 0.25) is 0 Å². The van der Waals surface area contributed by atoms with E-state index >= 15 is 0 Å². The Hall–Kier alpha value is 0.311. The van der Waals surface area contributed by atoms with Gasteiger partial charge in [0.05, 0.1) is 11.3 Å². The Balaban J connectivity index is 0.00000120. The minimum absolute atomic E-state index is 0. The van der Waals surface area contributed by atoms with Crippen LogP contribution < -0.4 is 0 Å². The van der Waals surface area contributed by atoms with Crippen LogP contribution in [0.5, 0.6) is 0 Å².